The minimum absolute atomic E-state index is 0.107. The smallest absolute Gasteiger partial charge is 0.317 e. The molecule has 1 N–H and O–H groups in total. The zero-order valence-corrected chi connectivity index (χ0v) is 27.1. The van der Waals surface area contributed by atoms with Gasteiger partial charge in [-0.2, -0.15) is 9.49 Å². The lowest BCUT2D eigenvalue weighted by Crippen LogP contribution is -2.42. The molecule has 2 aliphatic heterocycles. The highest BCUT2D eigenvalue weighted by molar-refractivity contribution is 5.95. The third-order valence-electron chi connectivity index (χ3n) is 9.30. The summed E-state index contributed by atoms with van der Waals surface area (Å²) in [5, 5.41) is 17.9. The summed E-state index contributed by atoms with van der Waals surface area (Å²) >= 11 is 0. The Morgan fingerprint density at radius 1 is 1.06 bits per heavy atom. The number of nitrogens with one attached hydrogen (secondary N) is 1. The summed E-state index contributed by atoms with van der Waals surface area (Å²) in [5.41, 5.74) is 7.31. The number of halogens is 1. The molecule has 0 radical (unpaired) electrons. The van der Waals surface area contributed by atoms with E-state index in [1.54, 1.807) is 23.9 Å². The Morgan fingerprint density at radius 2 is 1.96 bits per heavy atom. The first-order valence-electron chi connectivity index (χ1n) is 16.5. The fourth-order valence-corrected chi connectivity index (χ4v) is 6.63. The van der Waals surface area contributed by atoms with Crippen molar-refractivity contribution < 1.29 is 18.7 Å². The van der Waals surface area contributed by atoms with E-state index in [9.17, 15) is 9.18 Å². The van der Waals surface area contributed by atoms with E-state index in [0.717, 1.165) is 59.2 Å². The summed E-state index contributed by atoms with van der Waals surface area (Å²) in [5.74, 6) is 0.250. The number of amides is 2. The molecule has 248 valence electrons. The van der Waals surface area contributed by atoms with E-state index in [4.69, 9.17) is 14.6 Å². The number of pyridine rings is 1. The number of fused-ring (bicyclic) bond motifs is 2. The summed E-state index contributed by atoms with van der Waals surface area (Å²) in [6.07, 6.45) is 6.79. The molecule has 0 aliphatic carbocycles. The molecule has 2 aliphatic rings. The van der Waals surface area contributed by atoms with Gasteiger partial charge in [-0.25, -0.2) is 19.1 Å². The molecule has 1 unspecified atom stereocenters. The minimum atomic E-state index is -0.530. The zero-order valence-electron chi connectivity index (χ0n) is 27.1. The van der Waals surface area contributed by atoms with Crippen molar-refractivity contribution in [3.63, 3.8) is 0 Å². The Hall–Kier alpha value is -5.62. The molecule has 3 aromatic heterocycles. The van der Waals surface area contributed by atoms with Gasteiger partial charge < -0.3 is 19.7 Å². The number of methoxy groups -OCH3 is 1. The minimum Gasteiger partial charge on any atom is -0.497 e. The lowest BCUT2D eigenvalue weighted by Gasteiger charge is -2.29. The number of ether oxygens (including phenoxy) is 2. The Balaban J connectivity index is 1.06. The third-order valence-corrected chi connectivity index (χ3v) is 9.30. The van der Waals surface area contributed by atoms with Gasteiger partial charge in [0.05, 0.1) is 24.5 Å². The Kier molecular flexibility index (Phi) is 8.22. The van der Waals surface area contributed by atoms with E-state index in [2.05, 4.69) is 32.7 Å². The number of hydrogen-bond acceptors (Lipinski definition) is 7. The molecule has 2 amide bonds. The van der Waals surface area contributed by atoms with E-state index < -0.39 is 5.95 Å². The standard InChI is InChI=1S/C37H35FN8O3/c1-48-29-12-7-24(8-13-29)21-40-37(47)44-17-15-25-9-11-28(19-27(25)22-44)45-23-32(41-43-45)35-31-20-26(30-5-4-16-39-36(30)38)10-14-33(31)46(42-35)34-6-2-3-18-49-34/h4-5,7-14,16,19-20,23,34H,2-3,6,15,17-18,21-22H2,1H3,(H,40,47). The number of aromatic nitrogens is 6. The first-order valence-corrected chi connectivity index (χ1v) is 16.5. The number of carbonyl (C=O) groups excluding carboxylic acids is 1. The fraction of sp³-hybridized carbons (Fsp3) is 0.270. The van der Waals surface area contributed by atoms with Crippen LogP contribution >= 0.6 is 0 Å². The summed E-state index contributed by atoms with van der Waals surface area (Å²) in [7, 11) is 1.63. The van der Waals surface area contributed by atoms with Crippen molar-refractivity contribution >= 4 is 16.9 Å². The molecule has 6 aromatic rings. The number of benzene rings is 3. The number of urea groups is 1. The zero-order chi connectivity index (χ0) is 33.3. The summed E-state index contributed by atoms with van der Waals surface area (Å²) in [6.45, 7) is 2.24. The molecule has 0 saturated carbocycles. The van der Waals surface area contributed by atoms with Gasteiger partial charge in [0.25, 0.3) is 0 Å². The second-order valence-corrected chi connectivity index (χ2v) is 12.4. The van der Waals surface area contributed by atoms with Crippen molar-refractivity contribution in [1.82, 2.24) is 40.0 Å². The SMILES string of the molecule is COc1ccc(CNC(=O)N2CCc3ccc(-n4cc(-c5nn(C6CCCCO6)c6ccc(-c7cccnc7F)cc56)nn4)cc3C2)cc1. The molecule has 49 heavy (non-hydrogen) atoms. The topological polar surface area (TPSA) is 112 Å². The van der Waals surface area contributed by atoms with Gasteiger partial charge in [-0.1, -0.05) is 29.5 Å². The quantitative estimate of drug-likeness (QED) is 0.196. The van der Waals surface area contributed by atoms with Crippen molar-refractivity contribution in [2.24, 2.45) is 0 Å². The monoisotopic (exact) mass is 658 g/mol. The second-order valence-electron chi connectivity index (χ2n) is 12.4. The van der Waals surface area contributed by atoms with Crippen LogP contribution in [0.1, 0.15) is 42.2 Å². The van der Waals surface area contributed by atoms with Gasteiger partial charge in [0.15, 0.2) is 6.23 Å². The van der Waals surface area contributed by atoms with Gasteiger partial charge in [-0.15, -0.1) is 5.10 Å². The molecule has 11 nitrogen and oxygen atoms in total. The van der Waals surface area contributed by atoms with Crippen LogP contribution in [0.2, 0.25) is 0 Å². The Bertz CT molecular complexity index is 2140. The normalized spacial score (nSPS) is 16.0. The first kappa shape index (κ1) is 30.7. The average molecular weight is 659 g/mol. The van der Waals surface area contributed by atoms with E-state index in [-0.39, 0.29) is 12.3 Å². The maximum absolute atomic E-state index is 14.7. The van der Waals surface area contributed by atoms with Gasteiger partial charge in [-0.3, -0.25) is 0 Å². The molecule has 0 bridgehead atoms. The molecule has 12 heteroatoms. The maximum Gasteiger partial charge on any atom is 0.317 e. The molecular weight excluding hydrogens is 623 g/mol. The molecule has 1 saturated heterocycles. The molecule has 1 atom stereocenters. The highest BCUT2D eigenvalue weighted by Gasteiger charge is 2.25. The molecule has 5 heterocycles. The lowest BCUT2D eigenvalue weighted by molar-refractivity contribution is -0.0365. The highest BCUT2D eigenvalue weighted by Crippen LogP contribution is 2.35. The summed E-state index contributed by atoms with van der Waals surface area (Å²) in [6, 6.07) is 22.9. The van der Waals surface area contributed by atoms with Crippen LogP contribution in [0, 0.1) is 5.95 Å². The van der Waals surface area contributed by atoms with E-state index in [0.29, 0.717) is 48.8 Å². The van der Waals surface area contributed by atoms with E-state index >= 15 is 0 Å². The van der Waals surface area contributed by atoms with Gasteiger partial charge in [0.2, 0.25) is 5.95 Å². The third kappa shape index (κ3) is 6.11. The Labute approximate surface area is 282 Å². The molecule has 3 aromatic carbocycles. The number of nitrogens with zero attached hydrogens (tertiary/aromatic N) is 7. The van der Waals surface area contributed by atoms with Crippen LogP contribution in [0.15, 0.2) is 85.2 Å². The maximum atomic E-state index is 14.7. The molecule has 1 fully saturated rings. The predicted octanol–water partition coefficient (Wildman–Crippen LogP) is 6.46. The average Bonchev–Trinajstić information content (AvgIpc) is 3.79. The van der Waals surface area contributed by atoms with Crippen LogP contribution in [0.4, 0.5) is 9.18 Å². The summed E-state index contributed by atoms with van der Waals surface area (Å²) in [4.78, 5) is 18.8. The van der Waals surface area contributed by atoms with Crippen LogP contribution < -0.4 is 10.1 Å². The van der Waals surface area contributed by atoms with Gasteiger partial charge in [0, 0.05) is 43.4 Å². The van der Waals surface area contributed by atoms with Crippen molar-refractivity contribution in [3.8, 4) is 34.0 Å². The highest BCUT2D eigenvalue weighted by atomic mass is 19.1. The van der Waals surface area contributed by atoms with Crippen molar-refractivity contribution in [2.45, 2.75) is 45.0 Å². The van der Waals surface area contributed by atoms with Crippen LogP contribution in [0.3, 0.4) is 0 Å². The van der Waals surface area contributed by atoms with Crippen LogP contribution in [-0.4, -0.2) is 61.0 Å². The van der Waals surface area contributed by atoms with Crippen molar-refractivity contribution in [1.29, 1.82) is 0 Å². The van der Waals surface area contributed by atoms with Crippen molar-refractivity contribution in [3.05, 3.63) is 108 Å². The van der Waals surface area contributed by atoms with Gasteiger partial charge >= 0.3 is 6.03 Å². The van der Waals surface area contributed by atoms with Gasteiger partial charge in [0.1, 0.15) is 17.1 Å². The number of carbonyl (C=O) groups is 1. The van der Waals surface area contributed by atoms with E-state index in [1.165, 1.54) is 11.8 Å². The molecule has 0 spiro atoms. The van der Waals surface area contributed by atoms with E-state index in [1.807, 2.05) is 64.3 Å². The number of hydrogen-bond donors (Lipinski definition) is 1. The molecular formula is C37H35FN8O3. The van der Waals surface area contributed by atoms with Crippen molar-refractivity contribution in [2.75, 3.05) is 20.3 Å². The lowest BCUT2D eigenvalue weighted by atomic mass is 9.99. The van der Waals surface area contributed by atoms with Gasteiger partial charge in [-0.05, 0) is 96.5 Å². The van der Waals surface area contributed by atoms with Crippen LogP contribution in [0.5, 0.6) is 5.75 Å². The summed E-state index contributed by atoms with van der Waals surface area (Å²) < 4.78 is 29.7. The van der Waals surface area contributed by atoms with Crippen LogP contribution in [0.25, 0.3) is 39.1 Å². The predicted molar refractivity (Wildman–Crippen MR) is 181 cm³/mol. The fourth-order valence-electron chi connectivity index (χ4n) is 6.63. The molecule has 8 rings (SSSR count). The second kappa shape index (κ2) is 13.1. The largest absolute Gasteiger partial charge is 0.497 e. The van der Waals surface area contributed by atoms with Crippen LogP contribution in [-0.2, 0) is 24.2 Å². The Morgan fingerprint density at radius 3 is 2.78 bits per heavy atom. The first-order chi connectivity index (χ1) is 24.0. The number of rotatable bonds is 7.